The lowest BCUT2D eigenvalue weighted by Gasteiger charge is -2.15. The molecule has 0 aliphatic carbocycles. The molecule has 0 bridgehead atoms. The zero-order chi connectivity index (χ0) is 19.1. The van der Waals surface area contributed by atoms with E-state index in [9.17, 15) is 14.0 Å². The third-order valence-corrected chi connectivity index (χ3v) is 5.98. The van der Waals surface area contributed by atoms with E-state index in [1.807, 2.05) is 4.68 Å². The highest BCUT2D eigenvalue weighted by molar-refractivity contribution is 8.00. The number of carbonyl (C=O) groups excluding carboxylic acids is 1. The number of rotatable bonds is 3. The van der Waals surface area contributed by atoms with Crippen molar-refractivity contribution in [3.05, 3.63) is 43.5 Å². The van der Waals surface area contributed by atoms with E-state index in [1.54, 1.807) is 11.7 Å². The summed E-state index contributed by atoms with van der Waals surface area (Å²) >= 11 is 8.19. The highest BCUT2D eigenvalue weighted by Gasteiger charge is 2.11. The second-order valence-corrected chi connectivity index (χ2v) is 7.61. The van der Waals surface area contributed by atoms with Crippen LogP contribution in [-0.2, 0) is 22.6 Å². The smallest absolute Gasteiger partial charge is 0.325 e. The maximum Gasteiger partial charge on any atom is 0.325 e. The molecule has 26 heavy (non-hydrogen) atoms. The number of esters is 1. The molecule has 1 aliphatic rings. The van der Waals surface area contributed by atoms with E-state index in [4.69, 9.17) is 11.6 Å². The molecule has 0 amide bonds. The van der Waals surface area contributed by atoms with E-state index in [2.05, 4.69) is 9.73 Å². The van der Waals surface area contributed by atoms with Crippen LogP contribution >= 0.6 is 34.7 Å². The molecule has 1 aromatic carbocycles. The molecule has 6 nitrogen and oxygen atoms in total. The summed E-state index contributed by atoms with van der Waals surface area (Å²) in [5, 5.41) is 0.305. The minimum atomic E-state index is -0.391. The quantitative estimate of drug-likeness (QED) is 0.566. The SMILES string of the molecule is CN=c1sc(=O)n2n1CCCC2.COC(=O)CSc1ccc(F)cc1Cl. The molecular weight excluding hydrogens is 401 g/mol. The minimum Gasteiger partial charge on any atom is -0.468 e. The van der Waals surface area contributed by atoms with Gasteiger partial charge in [0.05, 0.1) is 17.9 Å². The summed E-state index contributed by atoms with van der Waals surface area (Å²) in [5.41, 5.74) is 0. The predicted molar refractivity (Wildman–Crippen MR) is 101 cm³/mol. The first-order valence-corrected chi connectivity index (χ1v) is 10.0. The number of nitrogens with zero attached hydrogens (tertiary/aromatic N) is 3. The Morgan fingerprint density at radius 2 is 2.08 bits per heavy atom. The summed E-state index contributed by atoms with van der Waals surface area (Å²) in [7, 11) is 3.04. The van der Waals surface area contributed by atoms with E-state index in [0.717, 1.165) is 30.7 Å². The van der Waals surface area contributed by atoms with Gasteiger partial charge in [0, 0.05) is 25.0 Å². The number of ether oxygens (including phenoxy) is 1. The average molecular weight is 420 g/mol. The van der Waals surface area contributed by atoms with Crippen LogP contribution in [0.25, 0.3) is 0 Å². The zero-order valence-corrected chi connectivity index (χ0v) is 16.8. The van der Waals surface area contributed by atoms with Gasteiger partial charge in [-0.1, -0.05) is 11.6 Å². The van der Waals surface area contributed by atoms with Crippen molar-refractivity contribution >= 4 is 40.7 Å². The number of halogens is 2. The van der Waals surface area contributed by atoms with Crippen molar-refractivity contribution in [2.75, 3.05) is 19.9 Å². The van der Waals surface area contributed by atoms with Gasteiger partial charge in [0.25, 0.3) is 0 Å². The van der Waals surface area contributed by atoms with Crippen LogP contribution in [0, 0.1) is 5.82 Å². The fraction of sp³-hybridized carbons (Fsp3) is 0.438. The molecule has 0 unspecified atom stereocenters. The number of carbonyl (C=O) groups is 1. The van der Waals surface area contributed by atoms with Gasteiger partial charge in [-0.3, -0.25) is 19.3 Å². The van der Waals surface area contributed by atoms with Crippen molar-refractivity contribution < 1.29 is 13.9 Å². The largest absolute Gasteiger partial charge is 0.468 e. The number of thioether (sulfide) groups is 1. The maximum absolute atomic E-state index is 12.6. The summed E-state index contributed by atoms with van der Waals surface area (Å²) in [4.78, 5) is 27.8. The fourth-order valence-electron chi connectivity index (χ4n) is 2.29. The molecule has 0 atom stereocenters. The van der Waals surface area contributed by atoms with E-state index in [0.29, 0.717) is 9.92 Å². The van der Waals surface area contributed by atoms with Gasteiger partial charge in [0.2, 0.25) is 4.80 Å². The molecule has 1 aliphatic heterocycles. The molecule has 0 saturated carbocycles. The molecule has 0 radical (unpaired) electrons. The summed E-state index contributed by atoms with van der Waals surface area (Å²) in [5.74, 6) is -0.560. The third-order valence-electron chi connectivity index (χ3n) is 3.55. The van der Waals surface area contributed by atoms with Gasteiger partial charge < -0.3 is 4.74 Å². The van der Waals surface area contributed by atoms with Gasteiger partial charge >= 0.3 is 10.8 Å². The van der Waals surface area contributed by atoms with Gasteiger partial charge in [0.1, 0.15) is 5.82 Å². The molecule has 2 aromatic rings. The Morgan fingerprint density at radius 3 is 2.69 bits per heavy atom. The molecular formula is C16H19ClFN3O3S2. The monoisotopic (exact) mass is 419 g/mol. The van der Waals surface area contributed by atoms with E-state index < -0.39 is 5.82 Å². The van der Waals surface area contributed by atoms with Crippen molar-refractivity contribution in [2.24, 2.45) is 4.99 Å². The Balaban J connectivity index is 0.000000189. The lowest BCUT2D eigenvalue weighted by atomic mass is 10.3. The number of aromatic nitrogens is 2. The number of fused-ring (bicyclic) bond motifs is 1. The average Bonchev–Trinajstić information content (AvgIpc) is 2.97. The number of hydrogen-bond acceptors (Lipinski definition) is 6. The summed E-state index contributed by atoms with van der Waals surface area (Å²) in [6.45, 7) is 1.79. The standard InChI is InChI=1S/C9H8ClFO2S.C7H11N3OS/c1-13-9(12)5-14-8-3-2-6(11)4-7(8)10;1-8-6-9-4-2-3-5-10(9)7(11)12-6/h2-4H,5H2,1H3;2-5H2,1H3. The van der Waals surface area contributed by atoms with Crippen LogP contribution in [0.15, 0.2) is 32.9 Å². The Morgan fingerprint density at radius 1 is 1.38 bits per heavy atom. The number of hydrogen-bond donors (Lipinski definition) is 0. The number of benzene rings is 1. The normalized spacial score (nSPS) is 13.6. The Hall–Kier alpha value is -1.58. The van der Waals surface area contributed by atoms with Gasteiger partial charge in [0.15, 0.2) is 0 Å². The lowest BCUT2D eigenvalue weighted by molar-refractivity contribution is -0.137. The minimum absolute atomic E-state index is 0.121. The second-order valence-electron chi connectivity index (χ2n) is 5.27. The topological polar surface area (TPSA) is 65.6 Å². The highest BCUT2D eigenvalue weighted by atomic mass is 35.5. The molecule has 0 fully saturated rings. The first-order chi connectivity index (χ1) is 12.5. The van der Waals surface area contributed by atoms with Crippen LogP contribution in [0.1, 0.15) is 12.8 Å². The molecule has 0 saturated heterocycles. The van der Waals surface area contributed by atoms with Crippen LogP contribution in [0.5, 0.6) is 0 Å². The van der Waals surface area contributed by atoms with Crippen LogP contribution in [0.2, 0.25) is 5.02 Å². The molecule has 3 rings (SSSR count). The van der Waals surface area contributed by atoms with Gasteiger partial charge in [-0.05, 0) is 42.4 Å². The molecule has 0 N–H and O–H groups in total. The van der Waals surface area contributed by atoms with Gasteiger partial charge in [-0.25, -0.2) is 9.07 Å². The molecule has 1 aromatic heterocycles. The van der Waals surface area contributed by atoms with Crippen LogP contribution in [0.4, 0.5) is 4.39 Å². The Labute approximate surface area is 163 Å². The molecule has 10 heteroatoms. The summed E-state index contributed by atoms with van der Waals surface area (Å²) in [6, 6.07) is 4.04. The second kappa shape index (κ2) is 9.94. The Kier molecular flexibility index (Phi) is 7.92. The predicted octanol–water partition coefficient (Wildman–Crippen LogP) is 2.78. The van der Waals surface area contributed by atoms with Crippen molar-refractivity contribution in [1.82, 2.24) is 9.36 Å². The van der Waals surface area contributed by atoms with Crippen molar-refractivity contribution in [2.45, 2.75) is 30.8 Å². The first-order valence-electron chi connectivity index (χ1n) is 7.84. The van der Waals surface area contributed by atoms with Crippen LogP contribution in [-0.4, -0.2) is 35.2 Å². The zero-order valence-electron chi connectivity index (χ0n) is 14.4. The van der Waals surface area contributed by atoms with Crippen molar-refractivity contribution in [3.63, 3.8) is 0 Å². The van der Waals surface area contributed by atoms with Crippen molar-refractivity contribution in [3.8, 4) is 0 Å². The Bertz CT molecular complexity index is 892. The van der Waals surface area contributed by atoms with E-state index in [-0.39, 0.29) is 16.6 Å². The van der Waals surface area contributed by atoms with E-state index >= 15 is 0 Å². The highest BCUT2D eigenvalue weighted by Crippen LogP contribution is 2.27. The first kappa shape index (κ1) is 20.7. The van der Waals surface area contributed by atoms with Crippen molar-refractivity contribution in [1.29, 1.82) is 0 Å². The molecule has 2 heterocycles. The molecule has 0 spiro atoms. The lowest BCUT2D eigenvalue weighted by Crippen LogP contribution is -2.31. The van der Waals surface area contributed by atoms with Crippen LogP contribution in [0.3, 0.4) is 0 Å². The van der Waals surface area contributed by atoms with Gasteiger partial charge in [-0.2, -0.15) is 0 Å². The van der Waals surface area contributed by atoms with Gasteiger partial charge in [-0.15, -0.1) is 11.8 Å². The fourth-order valence-corrected chi connectivity index (χ4v) is 4.21. The summed E-state index contributed by atoms with van der Waals surface area (Å²) < 4.78 is 20.9. The number of methoxy groups -OCH3 is 1. The van der Waals surface area contributed by atoms with E-state index in [1.165, 1.54) is 48.4 Å². The molecule has 142 valence electrons. The van der Waals surface area contributed by atoms with Crippen LogP contribution < -0.4 is 9.67 Å². The maximum atomic E-state index is 12.6. The third kappa shape index (κ3) is 5.46. The summed E-state index contributed by atoms with van der Waals surface area (Å²) in [6.07, 6.45) is 2.27.